The molecule has 136 valence electrons. The highest BCUT2D eigenvalue weighted by Gasteiger charge is 2.23. The van der Waals surface area contributed by atoms with E-state index in [1.165, 1.54) is 11.1 Å². The Balaban J connectivity index is 1.41. The van der Waals surface area contributed by atoms with Crippen molar-refractivity contribution in [2.45, 2.75) is 57.0 Å². The van der Waals surface area contributed by atoms with Gasteiger partial charge in [-0.05, 0) is 43.2 Å². The van der Waals surface area contributed by atoms with E-state index >= 15 is 0 Å². The minimum atomic E-state index is -0.286. The second kappa shape index (κ2) is 8.48. The third-order valence-corrected chi connectivity index (χ3v) is 5.42. The molecule has 1 aromatic carbocycles. The first kappa shape index (κ1) is 17.9. The average Bonchev–Trinajstić information content (AvgIpc) is 2.65. The Bertz CT molecular complexity index is 609. The number of rotatable bonds is 5. The number of carbonyl (C=O) groups excluding carboxylic acids is 2. The maximum atomic E-state index is 12.1. The maximum Gasteiger partial charge on any atom is 0.223 e. The molecule has 0 saturated carbocycles. The van der Waals surface area contributed by atoms with Gasteiger partial charge in [-0.3, -0.25) is 9.59 Å². The van der Waals surface area contributed by atoms with Crippen molar-refractivity contribution in [3.8, 4) is 0 Å². The van der Waals surface area contributed by atoms with Crippen LogP contribution in [-0.2, 0) is 16.0 Å². The Morgan fingerprint density at radius 2 is 1.88 bits per heavy atom. The SMILES string of the molecule is O=C(CCC(=O)N1CCC(O)CC1)NCC1CCCc2ccccc21. The first-order valence-corrected chi connectivity index (χ1v) is 9.44. The molecular weight excluding hydrogens is 316 g/mol. The number of aliphatic hydroxyl groups excluding tert-OH is 1. The molecule has 1 atom stereocenters. The summed E-state index contributed by atoms with van der Waals surface area (Å²) in [5.74, 6) is 0.353. The Labute approximate surface area is 149 Å². The molecule has 2 aliphatic rings. The van der Waals surface area contributed by atoms with Gasteiger partial charge in [0.1, 0.15) is 0 Å². The number of piperidine rings is 1. The van der Waals surface area contributed by atoms with Gasteiger partial charge in [0.25, 0.3) is 0 Å². The Kier molecular flexibility index (Phi) is 6.08. The summed E-state index contributed by atoms with van der Waals surface area (Å²) in [6.45, 7) is 1.85. The summed E-state index contributed by atoms with van der Waals surface area (Å²) in [5, 5.41) is 12.5. The van der Waals surface area contributed by atoms with Crippen molar-refractivity contribution in [3.63, 3.8) is 0 Å². The zero-order valence-corrected chi connectivity index (χ0v) is 14.7. The fourth-order valence-electron chi connectivity index (χ4n) is 3.89. The predicted octanol–water partition coefficient (Wildman–Crippen LogP) is 1.99. The summed E-state index contributed by atoms with van der Waals surface area (Å²) in [6.07, 6.45) is 4.88. The molecule has 5 nitrogen and oxygen atoms in total. The minimum absolute atomic E-state index is 0.0186. The van der Waals surface area contributed by atoms with Gasteiger partial charge in [0.05, 0.1) is 6.10 Å². The first-order valence-electron chi connectivity index (χ1n) is 9.44. The molecule has 1 aliphatic carbocycles. The molecule has 1 fully saturated rings. The zero-order valence-electron chi connectivity index (χ0n) is 14.7. The van der Waals surface area contributed by atoms with Gasteiger partial charge in [-0.15, -0.1) is 0 Å². The number of aliphatic hydroxyl groups is 1. The summed E-state index contributed by atoms with van der Waals surface area (Å²) < 4.78 is 0. The standard InChI is InChI=1S/C20H28N2O3/c23-17-10-12-22(13-11-17)20(25)9-8-19(24)21-14-16-6-3-5-15-4-1-2-7-18(15)16/h1-2,4,7,16-17,23H,3,5-6,8-14H2,(H,21,24). The highest BCUT2D eigenvalue weighted by atomic mass is 16.3. The van der Waals surface area contributed by atoms with Crippen molar-refractivity contribution in [2.24, 2.45) is 0 Å². The molecule has 1 heterocycles. The number of benzene rings is 1. The van der Waals surface area contributed by atoms with Crippen LogP contribution in [0, 0.1) is 0 Å². The number of aryl methyl sites for hydroxylation is 1. The molecule has 3 rings (SSSR count). The number of amides is 2. The zero-order chi connectivity index (χ0) is 17.6. The highest BCUT2D eigenvalue weighted by Crippen LogP contribution is 2.30. The monoisotopic (exact) mass is 344 g/mol. The number of carbonyl (C=O) groups is 2. The van der Waals surface area contributed by atoms with E-state index < -0.39 is 0 Å². The fraction of sp³-hybridized carbons (Fsp3) is 0.600. The van der Waals surface area contributed by atoms with Crippen molar-refractivity contribution >= 4 is 11.8 Å². The number of hydrogen-bond donors (Lipinski definition) is 2. The molecule has 2 amide bonds. The van der Waals surface area contributed by atoms with E-state index in [1.807, 2.05) is 0 Å². The van der Waals surface area contributed by atoms with Crippen molar-refractivity contribution in [3.05, 3.63) is 35.4 Å². The van der Waals surface area contributed by atoms with Crippen molar-refractivity contribution in [1.82, 2.24) is 10.2 Å². The first-order chi connectivity index (χ1) is 12.1. The fourth-order valence-corrected chi connectivity index (χ4v) is 3.89. The molecule has 25 heavy (non-hydrogen) atoms. The highest BCUT2D eigenvalue weighted by molar-refractivity contribution is 5.83. The Morgan fingerprint density at radius 1 is 1.12 bits per heavy atom. The van der Waals surface area contributed by atoms with Crippen LogP contribution < -0.4 is 5.32 Å². The summed E-state index contributed by atoms with van der Waals surface area (Å²) in [4.78, 5) is 26.0. The number of hydrogen-bond acceptors (Lipinski definition) is 3. The van der Waals surface area contributed by atoms with E-state index in [2.05, 4.69) is 29.6 Å². The van der Waals surface area contributed by atoms with Crippen LogP contribution in [0.15, 0.2) is 24.3 Å². The molecular formula is C20H28N2O3. The van der Waals surface area contributed by atoms with Crippen molar-refractivity contribution in [1.29, 1.82) is 0 Å². The van der Waals surface area contributed by atoms with Crippen molar-refractivity contribution in [2.75, 3.05) is 19.6 Å². The van der Waals surface area contributed by atoms with E-state index in [1.54, 1.807) is 4.90 Å². The average molecular weight is 344 g/mol. The molecule has 1 aromatic rings. The third kappa shape index (κ3) is 4.82. The largest absolute Gasteiger partial charge is 0.393 e. The lowest BCUT2D eigenvalue weighted by Gasteiger charge is -2.29. The van der Waals surface area contributed by atoms with Crippen LogP contribution in [0.25, 0.3) is 0 Å². The van der Waals surface area contributed by atoms with Gasteiger partial charge in [-0.1, -0.05) is 24.3 Å². The van der Waals surface area contributed by atoms with Crippen molar-refractivity contribution < 1.29 is 14.7 Å². The smallest absolute Gasteiger partial charge is 0.223 e. The molecule has 2 N–H and O–H groups in total. The van der Waals surface area contributed by atoms with Crippen LogP contribution in [0.4, 0.5) is 0 Å². The second-order valence-electron chi connectivity index (χ2n) is 7.20. The third-order valence-electron chi connectivity index (χ3n) is 5.42. The van der Waals surface area contributed by atoms with Crippen LogP contribution in [0.2, 0.25) is 0 Å². The van der Waals surface area contributed by atoms with E-state index in [9.17, 15) is 14.7 Å². The number of nitrogens with one attached hydrogen (secondary N) is 1. The number of fused-ring (bicyclic) bond motifs is 1. The lowest BCUT2D eigenvalue weighted by atomic mass is 9.83. The maximum absolute atomic E-state index is 12.1. The molecule has 0 aromatic heterocycles. The van der Waals surface area contributed by atoms with Crippen LogP contribution in [-0.4, -0.2) is 47.6 Å². The topological polar surface area (TPSA) is 69.6 Å². The number of likely N-dealkylation sites (tertiary alicyclic amines) is 1. The molecule has 1 aliphatic heterocycles. The van der Waals surface area contributed by atoms with Gasteiger partial charge in [0, 0.05) is 38.4 Å². The van der Waals surface area contributed by atoms with E-state index in [-0.39, 0.29) is 30.8 Å². The quantitative estimate of drug-likeness (QED) is 0.858. The minimum Gasteiger partial charge on any atom is -0.393 e. The summed E-state index contributed by atoms with van der Waals surface area (Å²) in [6, 6.07) is 8.48. The van der Waals surface area contributed by atoms with E-state index in [4.69, 9.17) is 0 Å². The lowest BCUT2D eigenvalue weighted by molar-refractivity contribution is -0.135. The van der Waals surface area contributed by atoms with Gasteiger partial charge in [0.15, 0.2) is 0 Å². The van der Waals surface area contributed by atoms with Crippen LogP contribution in [0.3, 0.4) is 0 Å². The summed E-state index contributed by atoms with van der Waals surface area (Å²) in [7, 11) is 0. The van der Waals surface area contributed by atoms with Gasteiger partial charge < -0.3 is 15.3 Å². The van der Waals surface area contributed by atoms with Gasteiger partial charge in [-0.25, -0.2) is 0 Å². The second-order valence-corrected chi connectivity index (χ2v) is 7.20. The van der Waals surface area contributed by atoms with Gasteiger partial charge in [-0.2, -0.15) is 0 Å². The Morgan fingerprint density at radius 3 is 2.68 bits per heavy atom. The summed E-state index contributed by atoms with van der Waals surface area (Å²) >= 11 is 0. The normalized spacial score (nSPS) is 20.8. The van der Waals surface area contributed by atoms with Crippen LogP contribution >= 0.6 is 0 Å². The van der Waals surface area contributed by atoms with Crippen LogP contribution in [0.5, 0.6) is 0 Å². The summed E-state index contributed by atoms with van der Waals surface area (Å²) in [5.41, 5.74) is 2.76. The molecule has 1 unspecified atom stereocenters. The molecule has 5 heteroatoms. The van der Waals surface area contributed by atoms with E-state index in [0.29, 0.717) is 38.4 Å². The molecule has 0 bridgehead atoms. The Hall–Kier alpha value is -1.88. The van der Waals surface area contributed by atoms with Gasteiger partial charge in [0.2, 0.25) is 11.8 Å². The lowest BCUT2D eigenvalue weighted by Crippen LogP contribution is -2.40. The molecule has 0 spiro atoms. The number of nitrogens with zero attached hydrogens (tertiary/aromatic N) is 1. The molecule has 0 radical (unpaired) electrons. The molecule has 1 saturated heterocycles. The van der Waals surface area contributed by atoms with Crippen LogP contribution in [0.1, 0.15) is 55.6 Å². The van der Waals surface area contributed by atoms with E-state index in [0.717, 1.165) is 19.3 Å². The van der Waals surface area contributed by atoms with Gasteiger partial charge >= 0.3 is 0 Å². The predicted molar refractivity (Wildman–Crippen MR) is 96.2 cm³/mol.